The number of ether oxygens (including phenoxy) is 2. The van der Waals surface area contributed by atoms with E-state index in [9.17, 15) is 9.59 Å². The van der Waals surface area contributed by atoms with E-state index in [0.717, 1.165) is 5.56 Å². The van der Waals surface area contributed by atoms with E-state index in [2.05, 4.69) is 15.2 Å². The Hall–Kier alpha value is -3.88. The first-order valence-electron chi connectivity index (χ1n) is 10.8. The fourth-order valence-electron chi connectivity index (χ4n) is 3.96. The van der Waals surface area contributed by atoms with Gasteiger partial charge in [0.15, 0.2) is 23.4 Å². The van der Waals surface area contributed by atoms with Gasteiger partial charge in [0.1, 0.15) is 6.33 Å². The normalized spacial score (nSPS) is 16.9. The molecule has 0 bridgehead atoms. The van der Waals surface area contributed by atoms with E-state index in [0.29, 0.717) is 42.5 Å². The number of hydrogen-bond acceptors (Lipinski definition) is 6. The molecule has 0 spiro atoms. The van der Waals surface area contributed by atoms with Crippen LogP contribution in [0.3, 0.4) is 0 Å². The second kappa shape index (κ2) is 9.72. The zero-order valence-corrected chi connectivity index (χ0v) is 18.9. The van der Waals surface area contributed by atoms with Gasteiger partial charge in [0.2, 0.25) is 0 Å². The molecule has 33 heavy (non-hydrogen) atoms. The third-order valence-corrected chi connectivity index (χ3v) is 5.72. The number of carbonyl (C=O) groups excluding carboxylic acids is 2. The number of amides is 2. The summed E-state index contributed by atoms with van der Waals surface area (Å²) in [6, 6.07) is 14.4. The molecule has 0 saturated carbocycles. The molecule has 4 rings (SSSR count). The van der Waals surface area contributed by atoms with E-state index in [1.54, 1.807) is 36.0 Å². The molecule has 2 amide bonds. The molecule has 1 N–H and O–H groups in total. The second-order valence-corrected chi connectivity index (χ2v) is 7.96. The van der Waals surface area contributed by atoms with Crippen molar-refractivity contribution in [1.29, 1.82) is 0 Å². The number of carbonyl (C=O) groups is 2. The quantitative estimate of drug-likeness (QED) is 0.621. The van der Waals surface area contributed by atoms with Gasteiger partial charge in [-0.15, -0.1) is 0 Å². The van der Waals surface area contributed by atoms with Crippen molar-refractivity contribution in [2.24, 2.45) is 0 Å². The van der Waals surface area contributed by atoms with E-state index < -0.39 is 6.10 Å². The van der Waals surface area contributed by atoms with Gasteiger partial charge in [-0.05, 0) is 44.2 Å². The summed E-state index contributed by atoms with van der Waals surface area (Å²) in [6.45, 7) is 5.07. The molecule has 0 aliphatic carbocycles. The molecule has 2 aromatic carbocycles. The van der Waals surface area contributed by atoms with E-state index in [4.69, 9.17) is 9.47 Å². The second-order valence-electron chi connectivity index (χ2n) is 7.96. The van der Waals surface area contributed by atoms with Crippen molar-refractivity contribution in [2.45, 2.75) is 26.0 Å². The number of benzene rings is 2. The summed E-state index contributed by atoms with van der Waals surface area (Å²) in [6.07, 6.45) is 0.718. The van der Waals surface area contributed by atoms with E-state index in [1.165, 1.54) is 6.33 Å². The van der Waals surface area contributed by atoms with Crippen LogP contribution >= 0.6 is 0 Å². The maximum absolute atomic E-state index is 13.1. The SMILES string of the molecule is COc1cc(-c2ncn[nH]2)ccc1O[C@@H](C)C(=O)N1CCN(C(=O)c2ccccc2)C[C@H]1C. The maximum atomic E-state index is 13.1. The van der Waals surface area contributed by atoms with Crippen molar-refractivity contribution in [1.82, 2.24) is 25.0 Å². The van der Waals surface area contributed by atoms with Crippen LogP contribution in [0.15, 0.2) is 54.9 Å². The van der Waals surface area contributed by atoms with Gasteiger partial charge in [0, 0.05) is 36.8 Å². The lowest BCUT2D eigenvalue weighted by molar-refractivity contribution is -0.142. The van der Waals surface area contributed by atoms with Crippen LogP contribution in [0.2, 0.25) is 0 Å². The van der Waals surface area contributed by atoms with Crippen LogP contribution < -0.4 is 9.47 Å². The van der Waals surface area contributed by atoms with Gasteiger partial charge in [-0.25, -0.2) is 4.98 Å². The van der Waals surface area contributed by atoms with Gasteiger partial charge in [-0.1, -0.05) is 18.2 Å². The van der Waals surface area contributed by atoms with Crippen molar-refractivity contribution < 1.29 is 19.1 Å². The molecule has 1 aliphatic heterocycles. The topological polar surface area (TPSA) is 101 Å². The molecule has 2 heterocycles. The first-order valence-corrected chi connectivity index (χ1v) is 10.8. The van der Waals surface area contributed by atoms with Gasteiger partial charge in [-0.3, -0.25) is 14.7 Å². The smallest absolute Gasteiger partial charge is 0.263 e. The summed E-state index contributed by atoms with van der Waals surface area (Å²) in [5, 5.41) is 6.66. The van der Waals surface area contributed by atoms with Crippen LogP contribution in [0, 0.1) is 0 Å². The number of piperazine rings is 1. The standard InChI is InChI=1S/C24H27N5O4/c1-16-14-28(24(31)18-7-5-4-6-8-18)11-12-29(16)23(30)17(2)33-20-10-9-19(13-21(20)32-3)22-25-15-26-27-22/h4-10,13,15-17H,11-12,14H2,1-3H3,(H,25,26,27)/t16-,17+/m1/s1. The highest BCUT2D eigenvalue weighted by Crippen LogP contribution is 2.32. The summed E-state index contributed by atoms with van der Waals surface area (Å²) in [5.41, 5.74) is 1.45. The van der Waals surface area contributed by atoms with Crippen molar-refractivity contribution in [3.63, 3.8) is 0 Å². The molecule has 1 fully saturated rings. The Balaban J connectivity index is 1.40. The molecule has 1 aliphatic rings. The summed E-state index contributed by atoms with van der Waals surface area (Å²) in [4.78, 5) is 33.6. The summed E-state index contributed by atoms with van der Waals surface area (Å²) in [7, 11) is 1.55. The number of aromatic nitrogens is 3. The summed E-state index contributed by atoms with van der Waals surface area (Å²) >= 11 is 0. The fourth-order valence-corrected chi connectivity index (χ4v) is 3.96. The number of H-pyrrole nitrogens is 1. The zero-order chi connectivity index (χ0) is 23.4. The van der Waals surface area contributed by atoms with Crippen LogP contribution in [-0.2, 0) is 4.79 Å². The minimum Gasteiger partial charge on any atom is -0.493 e. The maximum Gasteiger partial charge on any atom is 0.263 e. The summed E-state index contributed by atoms with van der Waals surface area (Å²) in [5.74, 6) is 1.42. The molecular formula is C24H27N5O4. The van der Waals surface area contributed by atoms with Crippen LogP contribution in [0.25, 0.3) is 11.4 Å². The van der Waals surface area contributed by atoms with E-state index in [-0.39, 0.29) is 17.9 Å². The summed E-state index contributed by atoms with van der Waals surface area (Å²) < 4.78 is 11.4. The van der Waals surface area contributed by atoms with Crippen LogP contribution in [-0.4, -0.2) is 75.7 Å². The van der Waals surface area contributed by atoms with Crippen LogP contribution in [0.4, 0.5) is 0 Å². The molecule has 3 aromatic rings. The van der Waals surface area contributed by atoms with Crippen molar-refractivity contribution in [3.8, 4) is 22.9 Å². The predicted octanol–water partition coefficient (Wildman–Crippen LogP) is 2.62. The van der Waals surface area contributed by atoms with Crippen LogP contribution in [0.1, 0.15) is 24.2 Å². The van der Waals surface area contributed by atoms with Gasteiger partial charge in [0.25, 0.3) is 11.8 Å². The highest BCUT2D eigenvalue weighted by atomic mass is 16.5. The number of rotatable bonds is 6. The Morgan fingerprint density at radius 1 is 1.12 bits per heavy atom. The van der Waals surface area contributed by atoms with Crippen LogP contribution in [0.5, 0.6) is 11.5 Å². The Morgan fingerprint density at radius 2 is 1.91 bits per heavy atom. The largest absolute Gasteiger partial charge is 0.493 e. The van der Waals surface area contributed by atoms with Crippen molar-refractivity contribution >= 4 is 11.8 Å². The third-order valence-electron chi connectivity index (χ3n) is 5.72. The lowest BCUT2D eigenvalue weighted by Crippen LogP contribution is -2.57. The number of aromatic amines is 1. The Bertz CT molecular complexity index is 1100. The van der Waals surface area contributed by atoms with E-state index in [1.807, 2.05) is 43.3 Å². The molecule has 2 atom stereocenters. The Labute approximate surface area is 192 Å². The van der Waals surface area contributed by atoms with Gasteiger partial charge in [-0.2, -0.15) is 5.10 Å². The average molecular weight is 450 g/mol. The van der Waals surface area contributed by atoms with Gasteiger partial charge >= 0.3 is 0 Å². The van der Waals surface area contributed by atoms with Gasteiger partial charge in [0.05, 0.1) is 7.11 Å². The van der Waals surface area contributed by atoms with Crippen molar-refractivity contribution in [2.75, 3.05) is 26.7 Å². The molecule has 172 valence electrons. The monoisotopic (exact) mass is 449 g/mol. The minimum absolute atomic E-state index is 0.0181. The molecule has 0 unspecified atom stereocenters. The molecular weight excluding hydrogens is 422 g/mol. The predicted molar refractivity (Wildman–Crippen MR) is 122 cm³/mol. The number of hydrogen-bond donors (Lipinski definition) is 1. The van der Waals surface area contributed by atoms with E-state index >= 15 is 0 Å². The molecule has 1 aromatic heterocycles. The number of nitrogens with one attached hydrogen (secondary N) is 1. The molecule has 0 radical (unpaired) electrons. The third kappa shape index (κ3) is 4.82. The Kier molecular flexibility index (Phi) is 6.58. The first-order chi connectivity index (χ1) is 16.0. The molecule has 1 saturated heterocycles. The first kappa shape index (κ1) is 22.3. The van der Waals surface area contributed by atoms with Gasteiger partial charge < -0.3 is 19.3 Å². The highest BCUT2D eigenvalue weighted by Gasteiger charge is 2.33. The molecule has 9 nitrogen and oxygen atoms in total. The zero-order valence-electron chi connectivity index (χ0n) is 18.9. The number of nitrogens with zero attached hydrogens (tertiary/aromatic N) is 4. The number of methoxy groups -OCH3 is 1. The highest BCUT2D eigenvalue weighted by molar-refractivity contribution is 5.94. The minimum atomic E-state index is -0.714. The average Bonchev–Trinajstić information content (AvgIpc) is 3.39. The molecule has 9 heteroatoms. The Morgan fingerprint density at radius 3 is 2.58 bits per heavy atom. The lowest BCUT2D eigenvalue weighted by atomic mass is 10.1. The van der Waals surface area contributed by atoms with Crippen molar-refractivity contribution in [3.05, 3.63) is 60.4 Å². The fraction of sp³-hybridized carbons (Fsp3) is 0.333. The lowest BCUT2D eigenvalue weighted by Gasteiger charge is -2.40.